The predicted molar refractivity (Wildman–Crippen MR) is 134 cm³/mol. The van der Waals surface area contributed by atoms with E-state index in [1.807, 2.05) is 30.6 Å². The van der Waals surface area contributed by atoms with Crippen molar-refractivity contribution in [2.45, 2.75) is 53.1 Å². The van der Waals surface area contributed by atoms with E-state index in [1.165, 1.54) is 11.6 Å². The lowest BCUT2D eigenvalue weighted by Gasteiger charge is -2.36. The second kappa shape index (κ2) is 9.98. The Morgan fingerprint density at radius 3 is 2.33 bits per heavy atom. The fourth-order valence-corrected chi connectivity index (χ4v) is 4.43. The Morgan fingerprint density at radius 1 is 1.15 bits per heavy atom. The van der Waals surface area contributed by atoms with Gasteiger partial charge in [0.2, 0.25) is 0 Å². The summed E-state index contributed by atoms with van der Waals surface area (Å²) < 4.78 is 1.83. The van der Waals surface area contributed by atoms with Crippen molar-refractivity contribution in [2.75, 3.05) is 11.9 Å². The van der Waals surface area contributed by atoms with E-state index in [9.17, 15) is 5.26 Å². The largest absolute Gasteiger partial charge is 0.349 e. The van der Waals surface area contributed by atoms with Gasteiger partial charge in [-0.3, -0.25) is 4.68 Å². The SMILES string of the molecule is Cc1nn(C)c2nc(CN(/C(=C\C#N)N(C)c3cc(Cl)nc(Cl)c3)C(C)C)cc(C(C)C)c12. The van der Waals surface area contributed by atoms with Crippen LogP contribution < -0.4 is 4.90 Å². The molecule has 0 aromatic carbocycles. The van der Waals surface area contributed by atoms with Crippen LogP contribution in [0.1, 0.15) is 50.6 Å². The Morgan fingerprint density at radius 2 is 1.79 bits per heavy atom. The molecule has 0 aliphatic heterocycles. The number of pyridine rings is 2. The van der Waals surface area contributed by atoms with Crippen molar-refractivity contribution >= 4 is 39.9 Å². The zero-order chi connectivity index (χ0) is 24.4. The number of hydrogen-bond acceptors (Lipinski definition) is 6. The van der Waals surface area contributed by atoms with E-state index in [4.69, 9.17) is 28.2 Å². The van der Waals surface area contributed by atoms with E-state index in [2.05, 4.69) is 54.8 Å². The zero-order valence-electron chi connectivity index (χ0n) is 20.1. The Kier molecular flexibility index (Phi) is 7.51. The van der Waals surface area contributed by atoms with Crippen LogP contribution in [0.3, 0.4) is 0 Å². The quantitative estimate of drug-likeness (QED) is 0.310. The van der Waals surface area contributed by atoms with Crippen LogP contribution >= 0.6 is 23.2 Å². The average Bonchev–Trinajstić information content (AvgIpc) is 3.02. The molecule has 0 unspecified atom stereocenters. The maximum Gasteiger partial charge on any atom is 0.158 e. The number of anilines is 1. The summed E-state index contributed by atoms with van der Waals surface area (Å²) in [7, 11) is 3.79. The van der Waals surface area contributed by atoms with Gasteiger partial charge in [-0.15, -0.1) is 0 Å². The minimum atomic E-state index is 0.0908. The van der Waals surface area contributed by atoms with Gasteiger partial charge in [0, 0.05) is 31.2 Å². The first-order valence-corrected chi connectivity index (χ1v) is 11.5. The van der Waals surface area contributed by atoms with Gasteiger partial charge >= 0.3 is 0 Å². The van der Waals surface area contributed by atoms with Gasteiger partial charge in [0.1, 0.15) is 16.1 Å². The summed E-state index contributed by atoms with van der Waals surface area (Å²) in [5, 5.41) is 15.8. The topological polar surface area (TPSA) is 73.9 Å². The first kappa shape index (κ1) is 24.8. The standard InChI is InChI=1S/C24H29Cl2N7/c1-14(2)19-10-17(28-24-23(19)16(5)30-32(24)7)13-33(15(3)4)22(8-9-27)31(6)18-11-20(25)29-21(26)12-18/h8,10-12,14-15H,13H2,1-7H3/b22-8-. The third-order valence-electron chi connectivity index (χ3n) is 5.60. The molecule has 0 bridgehead atoms. The molecule has 0 fully saturated rings. The Hall–Kier alpha value is -2.82. The molecule has 0 amide bonds. The number of rotatable bonds is 7. The number of allylic oxidation sites excluding steroid dienone is 1. The van der Waals surface area contributed by atoms with Crippen LogP contribution in [0.15, 0.2) is 30.1 Å². The van der Waals surface area contributed by atoms with E-state index in [0.717, 1.165) is 28.1 Å². The van der Waals surface area contributed by atoms with E-state index < -0.39 is 0 Å². The minimum Gasteiger partial charge on any atom is -0.349 e. The molecule has 0 N–H and O–H groups in total. The monoisotopic (exact) mass is 485 g/mol. The number of fused-ring (bicyclic) bond motifs is 1. The smallest absolute Gasteiger partial charge is 0.158 e. The van der Waals surface area contributed by atoms with Gasteiger partial charge < -0.3 is 9.80 Å². The Balaban J connectivity index is 2.08. The number of aromatic nitrogens is 4. The zero-order valence-corrected chi connectivity index (χ0v) is 21.6. The van der Waals surface area contributed by atoms with Crippen LogP contribution in [0.2, 0.25) is 10.3 Å². The fraction of sp³-hybridized carbons (Fsp3) is 0.417. The van der Waals surface area contributed by atoms with Crippen molar-refractivity contribution in [1.29, 1.82) is 5.26 Å². The fourth-order valence-electron chi connectivity index (χ4n) is 3.98. The maximum atomic E-state index is 9.56. The van der Waals surface area contributed by atoms with E-state index in [0.29, 0.717) is 18.3 Å². The van der Waals surface area contributed by atoms with Crippen molar-refractivity contribution in [2.24, 2.45) is 7.05 Å². The van der Waals surface area contributed by atoms with Crippen LogP contribution in [0.5, 0.6) is 0 Å². The third kappa shape index (κ3) is 5.23. The summed E-state index contributed by atoms with van der Waals surface area (Å²) in [5.74, 6) is 1.03. The molecule has 174 valence electrons. The van der Waals surface area contributed by atoms with Crippen molar-refractivity contribution in [3.8, 4) is 6.07 Å². The molecular weight excluding hydrogens is 457 g/mol. The first-order chi connectivity index (χ1) is 15.5. The van der Waals surface area contributed by atoms with Gasteiger partial charge in [-0.1, -0.05) is 37.0 Å². The highest BCUT2D eigenvalue weighted by molar-refractivity contribution is 6.32. The molecule has 3 rings (SSSR count). The first-order valence-electron chi connectivity index (χ1n) is 10.8. The minimum absolute atomic E-state index is 0.0908. The highest BCUT2D eigenvalue weighted by Gasteiger charge is 2.22. The summed E-state index contributed by atoms with van der Waals surface area (Å²) >= 11 is 12.3. The molecule has 3 heterocycles. The van der Waals surface area contributed by atoms with Crippen molar-refractivity contribution in [3.63, 3.8) is 0 Å². The molecule has 0 saturated heterocycles. The summed E-state index contributed by atoms with van der Waals surface area (Å²) in [6.45, 7) is 11.1. The number of halogens is 2. The predicted octanol–water partition coefficient (Wildman–Crippen LogP) is 5.81. The molecule has 0 radical (unpaired) electrons. The van der Waals surface area contributed by atoms with Crippen molar-refractivity contribution in [1.82, 2.24) is 24.6 Å². The highest BCUT2D eigenvalue weighted by Crippen LogP contribution is 2.30. The number of hydrogen-bond donors (Lipinski definition) is 0. The summed E-state index contributed by atoms with van der Waals surface area (Å²) in [6.07, 6.45) is 1.53. The lowest BCUT2D eigenvalue weighted by molar-refractivity contribution is 0.267. The van der Waals surface area contributed by atoms with Crippen LogP contribution in [0.25, 0.3) is 11.0 Å². The molecule has 33 heavy (non-hydrogen) atoms. The second-order valence-corrected chi connectivity index (χ2v) is 9.42. The summed E-state index contributed by atoms with van der Waals surface area (Å²) in [4.78, 5) is 13.0. The number of nitrogens with zero attached hydrogens (tertiary/aromatic N) is 7. The van der Waals surface area contributed by atoms with Gasteiger partial charge in [-0.2, -0.15) is 10.4 Å². The van der Waals surface area contributed by atoms with E-state index in [1.54, 1.807) is 12.1 Å². The molecule has 0 aliphatic rings. The molecule has 0 atom stereocenters. The van der Waals surface area contributed by atoms with Gasteiger partial charge in [-0.05, 0) is 50.5 Å². The van der Waals surface area contributed by atoms with Crippen molar-refractivity contribution in [3.05, 3.63) is 57.4 Å². The van der Waals surface area contributed by atoms with Gasteiger partial charge in [-0.25, -0.2) is 9.97 Å². The molecule has 0 saturated carbocycles. The molecule has 9 heteroatoms. The molecule has 7 nitrogen and oxygen atoms in total. The van der Waals surface area contributed by atoms with Crippen LogP contribution in [0, 0.1) is 18.3 Å². The Labute approximate surface area is 205 Å². The third-order valence-corrected chi connectivity index (χ3v) is 5.98. The molecule has 3 aromatic rings. The molecular formula is C24H29Cl2N7. The van der Waals surface area contributed by atoms with Crippen LogP contribution in [-0.2, 0) is 13.6 Å². The van der Waals surface area contributed by atoms with Crippen LogP contribution in [-0.4, -0.2) is 37.7 Å². The number of nitriles is 1. The Bertz CT molecular complexity index is 1220. The van der Waals surface area contributed by atoms with E-state index in [-0.39, 0.29) is 16.3 Å². The lowest BCUT2D eigenvalue weighted by atomic mass is 9.98. The van der Waals surface area contributed by atoms with Crippen molar-refractivity contribution < 1.29 is 0 Å². The second-order valence-electron chi connectivity index (χ2n) is 8.65. The maximum absolute atomic E-state index is 9.56. The van der Waals surface area contributed by atoms with Gasteiger partial charge in [0.25, 0.3) is 0 Å². The highest BCUT2D eigenvalue weighted by atomic mass is 35.5. The molecule has 3 aromatic heterocycles. The normalized spacial score (nSPS) is 12.0. The molecule has 0 spiro atoms. The lowest BCUT2D eigenvalue weighted by Crippen LogP contribution is -2.37. The number of aryl methyl sites for hydroxylation is 2. The van der Waals surface area contributed by atoms with E-state index >= 15 is 0 Å². The van der Waals surface area contributed by atoms with Gasteiger partial charge in [0.15, 0.2) is 5.65 Å². The van der Waals surface area contributed by atoms with Gasteiger partial charge in [0.05, 0.1) is 30.1 Å². The average molecular weight is 486 g/mol. The summed E-state index contributed by atoms with van der Waals surface area (Å²) in [5.41, 5.74) is 4.71. The van der Waals surface area contributed by atoms with Crippen LogP contribution in [0.4, 0.5) is 5.69 Å². The summed E-state index contributed by atoms with van der Waals surface area (Å²) in [6, 6.07) is 7.86. The molecule has 0 aliphatic carbocycles.